The Labute approximate surface area is 99.0 Å². The van der Waals surface area contributed by atoms with E-state index in [0.29, 0.717) is 0 Å². The minimum absolute atomic E-state index is 0.270. The molecule has 0 radical (unpaired) electrons. The molecular weight excluding hydrogens is 198 g/mol. The lowest BCUT2D eigenvalue weighted by Gasteiger charge is -2.15. The number of nitrogens with one attached hydrogen (secondary N) is 1. The van der Waals surface area contributed by atoms with Gasteiger partial charge in [0.15, 0.2) is 0 Å². The van der Waals surface area contributed by atoms with Crippen LogP contribution in [0.25, 0.3) is 0 Å². The second-order valence-corrected chi connectivity index (χ2v) is 4.07. The van der Waals surface area contributed by atoms with E-state index >= 15 is 0 Å². The SMILES string of the molecule is CCNCCC(C)Oc1cccc(CC)c1. The van der Waals surface area contributed by atoms with Crippen LogP contribution in [0.1, 0.15) is 32.8 Å². The summed E-state index contributed by atoms with van der Waals surface area (Å²) >= 11 is 0. The molecule has 16 heavy (non-hydrogen) atoms. The van der Waals surface area contributed by atoms with E-state index in [0.717, 1.165) is 31.7 Å². The summed E-state index contributed by atoms with van der Waals surface area (Å²) in [4.78, 5) is 0. The van der Waals surface area contributed by atoms with Crippen molar-refractivity contribution in [3.63, 3.8) is 0 Å². The first-order valence-electron chi connectivity index (χ1n) is 6.22. The smallest absolute Gasteiger partial charge is 0.119 e. The van der Waals surface area contributed by atoms with Gasteiger partial charge >= 0.3 is 0 Å². The summed E-state index contributed by atoms with van der Waals surface area (Å²) in [6.07, 6.45) is 2.37. The highest BCUT2D eigenvalue weighted by Gasteiger charge is 2.03. The molecule has 0 saturated heterocycles. The Morgan fingerprint density at radius 2 is 2.12 bits per heavy atom. The lowest BCUT2D eigenvalue weighted by Crippen LogP contribution is -2.21. The Balaban J connectivity index is 2.39. The Kier molecular flexibility index (Phi) is 5.94. The fraction of sp³-hybridized carbons (Fsp3) is 0.571. The summed E-state index contributed by atoms with van der Waals surface area (Å²) in [6, 6.07) is 8.36. The second-order valence-electron chi connectivity index (χ2n) is 4.07. The summed E-state index contributed by atoms with van der Waals surface area (Å²) in [6.45, 7) is 8.45. The van der Waals surface area contributed by atoms with E-state index in [1.54, 1.807) is 0 Å². The van der Waals surface area contributed by atoms with Gasteiger partial charge in [0, 0.05) is 0 Å². The molecule has 1 aromatic rings. The molecule has 0 fully saturated rings. The molecule has 0 heterocycles. The molecule has 0 spiro atoms. The average Bonchev–Trinajstić information content (AvgIpc) is 2.29. The molecule has 1 atom stereocenters. The van der Waals surface area contributed by atoms with Crippen LogP contribution in [0, 0.1) is 0 Å². The number of rotatable bonds is 7. The van der Waals surface area contributed by atoms with Crippen LogP contribution in [0.3, 0.4) is 0 Å². The fourth-order valence-corrected chi connectivity index (χ4v) is 1.61. The number of benzene rings is 1. The molecule has 0 aliphatic rings. The number of hydrogen-bond acceptors (Lipinski definition) is 2. The predicted molar refractivity (Wildman–Crippen MR) is 69.1 cm³/mol. The average molecular weight is 221 g/mol. The maximum absolute atomic E-state index is 5.86. The first-order chi connectivity index (χ1) is 7.76. The number of ether oxygens (including phenoxy) is 1. The standard InChI is InChI=1S/C14H23NO/c1-4-13-7-6-8-14(11-13)16-12(3)9-10-15-5-2/h6-8,11-12,15H,4-5,9-10H2,1-3H3. The summed E-state index contributed by atoms with van der Waals surface area (Å²) in [5, 5.41) is 3.31. The molecule has 0 aliphatic carbocycles. The van der Waals surface area contributed by atoms with Gasteiger partial charge in [0.25, 0.3) is 0 Å². The van der Waals surface area contributed by atoms with Crippen LogP contribution in [-0.2, 0) is 6.42 Å². The lowest BCUT2D eigenvalue weighted by molar-refractivity contribution is 0.210. The second kappa shape index (κ2) is 7.29. The maximum Gasteiger partial charge on any atom is 0.119 e. The highest BCUT2D eigenvalue weighted by atomic mass is 16.5. The van der Waals surface area contributed by atoms with E-state index in [1.165, 1.54) is 5.56 Å². The maximum atomic E-state index is 5.86. The van der Waals surface area contributed by atoms with Crippen molar-refractivity contribution in [2.45, 2.75) is 39.7 Å². The van der Waals surface area contributed by atoms with Gasteiger partial charge in [0.05, 0.1) is 6.10 Å². The monoisotopic (exact) mass is 221 g/mol. The third kappa shape index (κ3) is 4.67. The van der Waals surface area contributed by atoms with Crippen molar-refractivity contribution < 1.29 is 4.74 Å². The molecule has 1 N–H and O–H groups in total. The molecule has 1 aromatic carbocycles. The van der Waals surface area contributed by atoms with Crippen LogP contribution in [0.2, 0.25) is 0 Å². The zero-order valence-electron chi connectivity index (χ0n) is 10.6. The summed E-state index contributed by atoms with van der Waals surface area (Å²) in [5.74, 6) is 0.989. The van der Waals surface area contributed by atoms with E-state index in [-0.39, 0.29) is 6.10 Å². The fourth-order valence-electron chi connectivity index (χ4n) is 1.61. The minimum atomic E-state index is 0.270. The highest BCUT2D eigenvalue weighted by molar-refractivity contribution is 5.28. The molecule has 90 valence electrons. The topological polar surface area (TPSA) is 21.3 Å². The number of hydrogen-bond donors (Lipinski definition) is 1. The quantitative estimate of drug-likeness (QED) is 0.715. The van der Waals surface area contributed by atoms with Gasteiger partial charge in [-0.3, -0.25) is 0 Å². The third-order valence-electron chi connectivity index (χ3n) is 2.62. The van der Waals surface area contributed by atoms with E-state index in [9.17, 15) is 0 Å². The van der Waals surface area contributed by atoms with Gasteiger partial charge in [-0.2, -0.15) is 0 Å². The molecular formula is C14H23NO. The Morgan fingerprint density at radius 1 is 1.31 bits per heavy atom. The van der Waals surface area contributed by atoms with Crippen LogP contribution in [0.4, 0.5) is 0 Å². The zero-order chi connectivity index (χ0) is 11.8. The zero-order valence-corrected chi connectivity index (χ0v) is 10.6. The third-order valence-corrected chi connectivity index (χ3v) is 2.62. The molecule has 0 aromatic heterocycles. The van der Waals surface area contributed by atoms with Crippen molar-refractivity contribution in [3.8, 4) is 5.75 Å². The van der Waals surface area contributed by atoms with E-state index in [2.05, 4.69) is 44.3 Å². The van der Waals surface area contributed by atoms with Gasteiger partial charge in [-0.05, 0) is 50.6 Å². The molecule has 0 amide bonds. The molecule has 1 rings (SSSR count). The van der Waals surface area contributed by atoms with E-state index in [1.807, 2.05) is 6.07 Å². The summed E-state index contributed by atoms with van der Waals surface area (Å²) in [5.41, 5.74) is 1.33. The summed E-state index contributed by atoms with van der Waals surface area (Å²) in [7, 11) is 0. The van der Waals surface area contributed by atoms with Crippen molar-refractivity contribution in [2.75, 3.05) is 13.1 Å². The summed E-state index contributed by atoms with van der Waals surface area (Å²) < 4.78 is 5.86. The van der Waals surface area contributed by atoms with Gasteiger partial charge in [0.2, 0.25) is 0 Å². The normalized spacial score (nSPS) is 12.4. The van der Waals surface area contributed by atoms with Crippen molar-refractivity contribution in [1.29, 1.82) is 0 Å². The van der Waals surface area contributed by atoms with Crippen molar-refractivity contribution in [1.82, 2.24) is 5.32 Å². The predicted octanol–water partition coefficient (Wildman–Crippen LogP) is 3.02. The molecule has 0 saturated carbocycles. The van der Waals surface area contributed by atoms with Crippen molar-refractivity contribution >= 4 is 0 Å². The molecule has 2 nitrogen and oxygen atoms in total. The minimum Gasteiger partial charge on any atom is -0.491 e. The van der Waals surface area contributed by atoms with Crippen LogP contribution in [-0.4, -0.2) is 19.2 Å². The van der Waals surface area contributed by atoms with Crippen LogP contribution < -0.4 is 10.1 Å². The molecule has 0 bridgehead atoms. The molecule has 2 heteroatoms. The van der Waals surface area contributed by atoms with Gasteiger partial charge < -0.3 is 10.1 Å². The largest absolute Gasteiger partial charge is 0.491 e. The van der Waals surface area contributed by atoms with Crippen molar-refractivity contribution in [3.05, 3.63) is 29.8 Å². The van der Waals surface area contributed by atoms with Crippen molar-refractivity contribution in [2.24, 2.45) is 0 Å². The van der Waals surface area contributed by atoms with Crippen LogP contribution >= 0.6 is 0 Å². The first-order valence-corrected chi connectivity index (χ1v) is 6.22. The Morgan fingerprint density at radius 3 is 2.81 bits per heavy atom. The highest BCUT2D eigenvalue weighted by Crippen LogP contribution is 2.15. The molecule has 0 aliphatic heterocycles. The van der Waals surface area contributed by atoms with Gasteiger partial charge in [-0.25, -0.2) is 0 Å². The van der Waals surface area contributed by atoms with E-state index in [4.69, 9.17) is 4.74 Å². The first kappa shape index (κ1) is 13.0. The van der Waals surface area contributed by atoms with Crippen LogP contribution in [0.5, 0.6) is 5.75 Å². The lowest BCUT2D eigenvalue weighted by atomic mass is 10.1. The Hall–Kier alpha value is -1.02. The Bertz CT molecular complexity index is 299. The number of aryl methyl sites for hydroxylation is 1. The van der Waals surface area contributed by atoms with Crippen LogP contribution in [0.15, 0.2) is 24.3 Å². The van der Waals surface area contributed by atoms with Gasteiger partial charge in [-0.15, -0.1) is 0 Å². The van der Waals surface area contributed by atoms with E-state index < -0.39 is 0 Å². The van der Waals surface area contributed by atoms with Gasteiger partial charge in [0.1, 0.15) is 5.75 Å². The van der Waals surface area contributed by atoms with Gasteiger partial charge in [-0.1, -0.05) is 26.0 Å². The molecule has 1 unspecified atom stereocenters.